The van der Waals surface area contributed by atoms with E-state index in [2.05, 4.69) is 15.5 Å². The van der Waals surface area contributed by atoms with Crippen molar-refractivity contribution in [1.29, 1.82) is 0 Å². The molecule has 2 aromatic rings. The lowest BCUT2D eigenvalue weighted by Gasteiger charge is -2.08. The quantitative estimate of drug-likeness (QED) is 0.751. The first-order valence-corrected chi connectivity index (χ1v) is 5.52. The standard InChI is InChI=1S/C12H13N3O3/c1-7(12(17)18)5-13-11(16)9-4-2-3-8-6-14-15-10(8)9/h2-4,6-7H,5H2,1H3,(H,13,16)(H,14,15)(H,17,18). The molecule has 1 atom stereocenters. The second kappa shape index (κ2) is 4.87. The van der Waals surface area contributed by atoms with E-state index >= 15 is 0 Å². The number of para-hydroxylation sites is 1. The third-order valence-electron chi connectivity index (χ3n) is 2.71. The number of fused-ring (bicyclic) bond motifs is 1. The summed E-state index contributed by atoms with van der Waals surface area (Å²) in [6, 6.07) is 5.27. The van der Waals surface area contributed by atoms with Crippen molar-refractivity contribution < 1.29 is 14.7 Å². The number of aromatic amines is 1. The lowest BCUT2D eigenvalue weighted by Crippen LogP contribution is -2.31. The highest BCUT2D eigenvalue weighted by atomic mass is 16.4. The maximum atomic E-state index is 11.9. The Labute approximate surface area is 103 Å². The fourth-order valence-corrected chi connectivity index (χ4v) is 1.59. The molecule has 0 bridgehead atoms. The zero-order chi connectivity index (χ0) is 13.1. The highest BCUT2D eigenvalue weighted by Crippen LogP contribution is 2.15. The summed E-state index contributed by atoms with van der Waals surface area (Å²) in [5, 5.41) is 18.8. The zero-order valence-corrected chi connectivity index (χ0v) is 9.80. The minimum atomic E-state index is -0.935. The lowest BCUT2D eigenvalue weighted by atomic mass is 10.1. The molecule has 0 radical (unpaired) electrons. The molecule has 94 valence electrons. The van der Waals surface area contributed by atoms with Gasteiger partial charge in [0, 0.05) is 11.9 Å². The van der Waals surface area contributed by atoms with Crippen LogP contribution in [0.1, 0.15) is 17.3 Å². The van der Waals surface area contributed by atoms with Crippen molar-refractivity contribution in [2.24, 2.45) is 5.92 Å². The molecular weight excluding hydrogens is 234 g/mol. The van der Waals surface area contributed by atoms with Gasteiger partial charge in [-0.15, -0.1) is 0 Å². The van der Waals surface area contributed by atoms with E-state index in [9.17, 15) is 9.59 Å². The van der Waals surface area contributed by atoms with Crippen molar-refractivity contribution in [3.05, 3.63) is 30.0 Å². The molecule has 18 heavy (non-hydrogen) atoms. The van der Waals surface area contributed by atoms with Crippen molar-refractivity contribution in [2.45, 2.75) is 6.92 Å². The van der Waals surface area contributed by atoms with Gasteiger partial charge in [0.15, 0.2) is 0 Å². The van der Waals surface area contributed by atoms with Gasteiger partial charge >= 0.3 is 5.97 Å². The van der Waals surface area contributed by atoms with E-state index < -0.39 is 11.9 Å². The molecule has 1 amide bonds. The number of nitrogens with one attached hydrogen (secondary N) is 2. The first-order valence-electron chi connectivity index (χ1n) is 5.52. The van der Waals surface area contributed by atoms with Crippen LogP contribution < -0.4 is 5.32 Å². The number of nitrogens with zero attached hydrogens (tertiary/aromatic N) is 1. The summed E-state index contributed by atoms with van der Waals surface area (Å²) in [4.78, 5) is 22.6. The van der Waals surface area contributed by atoms with Gasteiger partial charge in [0.25, 0.3) is 5.91 Å². The molecule has 1 aromatic heterocycles. The molecule has 0 aliphatic rings. The Morgan fingerprint density at radius 1 is 1.50 bits per heavy atom. The SMILES string of the molecule is CC(CNC(=O)c1cccc2cn[nH]c12)C(=O)O. The number of aromatic nitrogens is 2. The Hall–Kier alpha value is -2.37. The number of carboxylic acids is 1. The summed E-state index contributed by atoms with van der Waals surface area (Å²) in [6.07, 6.45) is 1.63. The molecule has 1 heterocycles. The van der Waals surface area contributed by atoms with Crippen LogP contribution in [0.3, 0.4) is 0 Å². The fourth-order valence-electron chi connectivity index (χ4n) is 1.59. The van der Waals surface area contributed by atoms with Crippen LogP contribution in [0.5, 0.6) is 0 Å². The first kappa shape index (κ1) is 12.1. The van der Waals surface area contributed by atoms with E-state index in [1.807, 2.05) is 6.07 Å². The molecule has 0 aliphatic carbocycles. The number of hydrogen-bond donors (Lipinski definition) is 3. The van der Waals surface area contributed by atoms with Gasteiger partial charge in [0.2, 0.25) is 0 Å². The van der Waals surface area contributed by atoms with Crippen LogP contribution >= 0.6 is 0 Å². The lowest BCUT2D eigenvalue weighted by molar-refractivity contribution is -0.140. The van der Waals surface area contributed by atoms with E-state index in [-0.39, 0.29) is 12.5 Å². The minimum Gasteiger partial charge on any atom is -0.481 e. The molecule has 0 spiro atoms. The second-order valence-corrected chi connectivity index (χ2v) is 4.09. The van der Waals surface area contributed by atoms with Gasteiger partial charge in [-0.3, -0.25) is 14.7 Å². The largest absolute Gasteiger partial charge is 0.481 e. The van der Waals surface area contributed by atoms with Crippen LogP contribution in [-0.4, -0.2) is 33.7 Å². The number of H-pyrrole nitrogens is 1. The van der Waals surface area contributed by atoms with Crippen LogP contribution in [0, 0.1) is 5.92 Å². The van der Waals surface area contributed by atoms with Gasteiger partial charge < -0.3 is 10.4 Å². The van der Waals surface area contributed by atoms with Gasteiger partial charge in [-0.05, 0) is 6.07 Å². The molecule has 0 saturated carbocycles. The van der Waals surface area contributed by atoms with Crippen LogP contribution in [-0.2, 0) is 4.79 Å². The number of carboxylic acid groups (broad SMARTS) is 1. The van der Waals surface area contributed by atoms with Gasteiger partial charge in [-0.1, -0.05) is 19.1 Å². The zero-order valence-electron chi connectivity index (χ0n) is 9.80. The van der Waals surface area contributed by atoms with Crippen molar-refractivity contribution in [1.82, 2.24) is 15.5 Å². The first-order chi connectivity index (χ1) is 8.59. The smallest absolute Gasteiger partial charge is 0.308 e. The van der Waals surface area contributed by atoms with E-state index in [1.54, 1.807) is 25.3 Å². The van der Waals surface area contributed by atoms with E-state index in [0.29, 0.717) is 11.1 Å². The average Bonchev–Trinajstić information content (AvgIpc) is 2.83. The normalized spacial score (nSPS) is 12.3. The Kier molecular flexibility index (Phi) is 3.27. The van der Waals surface area contributed by atoms with Crippen molar-refractivity contribution in [3.63, 3.8) is 0 Å². The van der Waals surface area contributed by atoms with Crippen LogP contribution in [0.2, 0.25) is 0 Å². The number of hydrogen-bond acceptors (Lipinski definition) is 3. The van der Waals surface area contributed by atoms with Crippen LogP contribution in [0.25, 0.3) is 10.9 Å². The van der Waals surface area contributed by atoms with E-state index in [0.717, 1.165) is 5.39 Å². The Morgan fingerprint density at radius 2 is 2.28 bits per heavy atom. The Balaban J connectivity index is 2.14. The monoisotopic (exact) mass is 247 g/mol. The maximum absolute atomic E-state index is 11.9. The fraction of sp³-hybridized carbons (Fsp3) is 0.250. The average molecular weight is 247 g/mol. The molecule has 1 aromatic carbocycles. The number of rotatable bonds is 4. The molecule has 3 N–H and O–H groups in total. The molecule has 0 saturated heterocycles. The maximum Gasteiger partial charge on any atom is 0.308 e. The molecule has 6 heteroatoms. The molecular formula is C12H13N3O3. The van der Waals surface area contributed by atoms with Gasteiger partial charge in [-0.25, -0.2) is 0 Å². The summed E-state index contributed by atoms with van der Waals surface area (Å²) < 4.78 is 0. The number of amides is 1. The van der Waals surface area contributed by atoms with Gasteiger partial charge in [0.1, 0.15) is 0 Å². The number of carbonyl (C=O) groups excluding carboxylic acids is 1. The summed E-state index contributed by atoms with van der Waals surface area (Å²) in [5.74, 6) is -1.86. The Morgan fingerprint density at radius 3 is 3.00 bits per heavy atom. The third-order valence-corrected chi connectivity index (χ3v) is 2.71. The predicted octanol–water partition coefficient (Wildman–Crippen LogP) is 1.01. The van der Waals surface area contributed by atoms with Crippen LogP contribution in [0.4, 0.5) is 0 Å². The molecule has 6 nitrogen and oxygen atoms in total. The Bertz CT molecular complexity index is 591. The van der Waals surface area contributed by atoms with E-state index in [4.69, 9.17) is 5.11 Å². The van der Waals surface area contributed by atoms with Crippen LogP contribution in [0.15, 0.2) is 24.4 Å². The molecule has 0 aliphatic heterocycles. The summed E-state index contributed by atoms with van der Waals surface area (Å²) in [7, 11) is 0. The molecule has 2 rings (SSSR count). The molecule has 0 fully saturated rings. The summed E-state index contributed by atoms with van der Waals surface area (Å²) >= 11 is 0. The highest BCUT2D eigenvalue weighted by Gasteiger charge is 2.15. The summed E-state index contributed by atoms with van der Waals surface area (Å²) in [5.41, 5.74) is 1.11. The van der Waals surface area contributed by atoms with Gasteiger partial charge in [0.05, 0.1) is 23.2 Å². The predicted molar refractivity (Wildman–Crippen MR) is 65.2 cm³/mol. The number of benzene rings is 1. The number of carbonyl (C=O) groups is 2. The van der Waals surface area contributed by atoms with Crippen molar-refractivity contribution >= 4 is 22.8 Å². The van der Waals surface area contributed by atoms with Crippen molar-refractivity contribution in [3.8, 4) is 0 Å². The minimum absolute atomic E-state index is 0.0959. The highest BCUT2D eigenvalue weighted by molar-refractivity contribution is 6.05. The molecule has 1 unspecified atom stereocenters. The topological polar surface area (TPSA) is 95.1 Å². The number of aliphatic carboxylic acids is 1. The summed E-state index contributed by atoms with van der Waals surface area (Å²) in [6.45, 7) is 1.64. The van der Waals surface area contributed by atoms with Gasteiger partial charge in [-0.2, -0.15) is 5.10 Å². The second-order valence-electron chi connectivity index (χ2n) is 4.09. The third kappa shape index (κ3) is 2.32. The van der Waals surface area contributed by atoms with E-state index in [1.165, 1.54) is 0 Å². The van der Waals surface area contributed by atoms with Crippen molar-refractivity contribution in [2.75, 3.05) is 6.54 Å².